The van der Waals surface area contributed by atoms with Gasteiger partial charge in [-0.2, -0.15) is 4.72 Å². The number of thiophene rings is 1. The van der Waals surface area contributed by atoms with Crippen LogP contribution in [0.15, 0.2) is 16.3 Å². The van der Waals surface area contributed by atoms with E-state index < -0.39 is 21.5 Å². The lowest BCUT2D eigenvalue weighted by molar-refractivity contribution is -0.143. The molecule has 1 aliphatic rings. The van der Waals surface area contributed by atoms with Crippen LogP contribution in [0, 0.1) is 6.92 Å². The smallest absolute Gasteiger partial charge is 0.324 e. The summed E-state index contributed by atoms with van der Waals surface area (Å²) in [6, 6.07) is 3.22. The van der Waals surface area contributed by atoms with Gasteiger partial charge in [0.1, 0.15) is 9.75 Å². The number of aryl methyl sites for hydroxylation is 1. The molecule has 1 aliphatic carbocycles. The predicted molar refractivity (Wildman–Crippen MR) is 68.2 cm³/mol. The van der Waals surface area contributed by atoms with Crippen LogP contribution in [-0.4, -0.2) is 25.0 Å². The van der Waals surface area contributed by atoms with Crippen molar-refractivity contribution in [2.75, 3.05) is 0 Å². The van der Waals surface area contributed by atoms with E-state index in [2.05, 4.69) is 4.72 Å². The highest BCUT2D eigenvalue weighted by molar-refractivity contribution is 7.91. The normalized spacial score (nSPS) is 18.9. The van der Waals surface area contributed by atoms with Crippen LogP contribution in [0.3, 0.4) is 0 Å². The lowest BCUT2D eigenvalue weighted by Gasteiger charge is -2.24. The van der Waals surface area contributed by atoms with Crippen molar-refractivity contribution in [1.82, 2.24) is 4.72 Å². The van der Waals surface area contributed by atoms with Gasteiger partial charge in [0.05, 0.1) is 0 Å². The van der Waals surface area contributed by atoms with Crippen LogP contribution in [0.2, 0.25) is 0 Å². The summed E-state index contributed by atoms with van der Waals surface area (Å²) in [4.78, 5) is 12.2. The molecule has 1 saturated carbocycles. The molecule has 7 heteroatoms. The van der Waals surface area contributed by atoms with Gasteiger partial charge in [-0.25, -0.2) is 8.42 Å². The SMILES string of the molecule is Cc1ccc(S(=O)(=O)NC2(C(=O)O)CCCC2)s1. The average molecular weight is 289 g/mol. The molecule has 1 aromatic rings. The number of hydrogen-bond donors (Lipinski definition) is 2. The lowest BCUT2D eigenvalue weighted by atomic mass is 10.0. The topological polar surface area (TPSA) is 83.5 Å². The van der Waals surface area contributed by atoms with Crippen LogP contribution in [0.5, 0.6) is 0 Å². The van der Waals surface area contributed by atoms with Gasteiger partial charge in [-0.15, -0.1) is 11.3 Å². The van der Waals surface area contributed by atoms with E-state index in [1.54, 1.807) is 6.07 Å². The molecule has 0 aromatic carbocycles. The summed E-state index contributed by atoms with van der Waals surface area (Å²) in [5, 5.41) is 9.26. The number of hydrogen-bond acceptors (Lipinski definition) is 4. The van der Waals surface area contributed by atoms with E-state index in [1.165, 1.54) is 6.07 Å². The monoisotopic (exact) mass is 289 g/mol. The Labute approximate surface area is 110 Å². The van der Waals surface area contributed by atoms with E-state index in [0.717, 1.165) is 29.1 Å². The van der Waals surface area contributed by atoms with Crippen LogP contribution in [0.4, 0.5) is 0 Å². The summed E-state index contributed by atoms with van der Waals surface area (Å²) in [7, 11) is -3.74. The molecule has 0 saturated heterocycles. The molecule has 1 aromatic heterocycles. The van der Waals surface area contributed by atoms with Crippen LogP contribution in [0.1, 0.15) is 30.6 Å². The minimum Gasteiger partial charge on any atom is -0.480 e. The van der Waals surface area contributed by atoms with Crippen molar-refractivity contribution < 1.29 is 18.3 Å². The molecule has 0 atom stereocenters. The Hall–Kier alpha value is -0.920. The van der Waals surface area contributed by atoms with Gasteiger partial charge in [-0.1, -0.05) is 12.8 Å². The molecule has 18 heavy (non-hydrogen) atoms. The van der Waals surface area contributed by atoms with Gasteiger partial charge in [0, 0.05) is 4.88 Å². The first-order chi connectivity index (χ1) is 8.36. The second kappa shape index (κ2) is 4.64. The number of carboxylic acid groups (broad SMARTS) is 1. The van der Waals surface area contributed by atoms with Gasteiger partial charge in [0.15, 0.2) is 0 Å². The second-order valence-corrected chi connectivity index (χ2v) is 7.76. The van der Waals surface area contributed by atoms with E-state index in [9.17, 15) is 18.3 Å². The van der Waals surface area contributed by atoms with Gasteiger partial charge in [0.2, 0.25) is 0 Å². The maximum Gasteiger partial charge on any atom is 0.324 e. The minimum atomic E-state index is -3.74. The molecule has 5 nitrogen and oxygen atoms in total. The van der Waals surface area contributed by atoms with Crippen molar-refractivity contribution in [2.45, 2.75) is 42.4 Å². The zero-order chi connectivity index (χ0) is 13.4. The zero-order valence-electron chi connectivity index (χ0n) is 9.97. The van der Waals surface area contributed by atoms with Gasteiger partial charge < -0.3 is 5.11 Å². The Morgan fingerprint density at radius 1 is 1.39 bits per heavy atom. The molecular weight excluding hydrogens is 274 g/mol. The third-order valence-corrected chi connectivity index (χ3v) is 6.21. The van der Waals surface area contributed by atoms with E-state index in [4.69, 9.17) is 0 Å². The quantitative estimate of drug-likeness (QED) is 0.884. The zero-order valence-corrected chi connectivity index (χ0v) is 11.6. The van der Waals surface area contributed by atoms with Crippen molar-refractivity contribution in [3.05, 3.63) is 17.0 Å². The van der Waals surface area contributed by atoms with Gasteiger partial charge in [-0.05, 0) is 31.9 Å². The van der Waals surface area contributed by atoms with E-state index in [1.807, 2.05) is 6.92 Å². The molecule has 1 fully saturated rings. The predicted octanol–water partition coefficient (Wildman–Crippen LogP) is 1.73. The molecular formula is C11H15NO4S2. The first kappa shape index (κ1) is 13.5. The van der Waals surface area contributed by atoms with Crippen LogP contribution >= 0.6 is 11.3 Å². The van der Waals surface area contributed by atoms with Crippen molar-refractivity contribution >= 4 is 27.3 Å². The van der Waals surface area contributed by atoms with E-state index in [0.29, 0.717) is 12.8 Å². The maximum atomic E-state index is 12.1. The molecule has 2 rings (SSSR count). The summed E-state index contributed by atoms with van der Waals surface area (Å²) in [6.45, 7) is 1.81. The minimum absolute atomic E-state index is 0.174. The Morgan fingerprint density at radius 2 is 2.00 bits per heavy atom. The van der Waals surface area contributed by atoms with Crippen LogP contribution in [-0.2, 0) is 14.8 Å². The molecule has 100 valence electrons. The third kappa shape index (κ3) is 2.43. The highest BCUT2D eigenvalue weighted by Gasteiger charge is 2.44. The molecule has 1 heterocycles. The number of carboxylic acids is 1. The molecule has 0 aliphatic heterocycles. The Balaban J connectivity index is 2.29. The fourth-order valence-electron chi connectivity index (χ4n) is 2.20. The highest BCUT2D eigenvalue weighted by Crippen LogP contribution is 2.32. The number of sulfonamides is 1. The van der Waals surface area contributed by atoms with Crippen molar-refractivity contribution in [3.8, 4) is 0 Å². The van der Waals surface area contributed by atoms with E-state index >= 15 is 0 Å². The Kier molecular flexibility index (Phi) is 3.48. The van der Waals surface area contributed by atoms with Crippen LogP contribution in [0.25, 0.3) is 0 Å². The third-order valence-electron chi connectivity index (χ3n) is 3.18. The van der Waals surface area contributed by atoms with Gasteiger partial charge >= 0.3 is 5.97 Å². The Morgan fingerprint density at radius 3 is 2.44 bits per heavy atom. The van der Waals surface area contributed by atoms with Crippen LogP contribution < -0.4 is 4.72 Å². The average Bonchev–Trinajstić information content (AvgIpc) is 2.87. The van der Waals surface area contributed by atoms with E-state index in [-0.39, 0.29) is 4.21 Å². The number of nitrogens with one attached hydrogen (secondary N) is 1. The Bertz CT molecular complexity index is 555. The standard InChI is InChI=1S/C11H15NO4S2/c1-8-4-5-9(17-8)18(15,16)12-11(10(13)14)6-2-3-7-11/h4-5,12H,2-3,6-7H2,1H3,(H,13,14). The lowest BCUT2D eigenvalue weighted by Crippen LogP contribution is -2.52. The largest absolute Gasteiger partial charge is 0.480 e. The second-order valence-electron chi connectivity index (χ2n) is 4.56. The van der Waals surface area contributed by atoms with Crippen molar-refractivity contribution in [1.29, 1.82) is 0 Å². The summed E-state index contributed by atoms with van der Waals surface area (Å²) in [5.41, 5.74) is -1.32. The van der Waals surface area contributed by atoms with Crippen molar-refractivity contribution in [3.63, 3.8) is 0 Å². The molecule has 0 spiro atoms. The summed E-state index contributed by atoms with van der Waals surface area (Å²) in [6.07, 6.45) is 2.18. The number of aliphatic carboxylic acids is 1. The number of rotatable bonds is 4. The molecule has 0 unspecified atom stereocenters. The summed E-state index contributed by atoms with van der Waals surface area (Å²) >= 11 is 1.15. The molecule has 0 bridgehead atoms. The fraction of sp³-hybridized carbons (Fsp3) is 0.545. The molecule has 0 radical (unpaired) electrons. The van der Waals surface area contributed by atoms with Gasteiger partial charge in [0.25, 0.3) is 10.0 Å². The number of carbonyl (C=O) groups is 1. The van der Waals surface area contributed by atoms with Gasteiger partial charge in [-0.3, -0.25) is 4.79 Å². The first-order valence-electron chi connectivity index (χ1n) is 5.70. The first-order valence-corrected chi connectivity index (χ1v) is 8.00. The summed E-state index contributed by atoms with van der Waals surface area (Å²) < 4.78 is 26.8. The molecule has 0 amide bonds. The molecule has 2 N–H and O–H groups in total. The maximum absolute atomic E-state index is 12.1. The fourth-order valence-corrected chi connectivity index (χ4v) is 4.90. The highest BCUT2D eigenvalue weighted by atomic mass is 32.2. The van der Waals surface area contributed by atoms with Crippen molar-refractivity contribution in [2.24, 2.45) is 0 Å². The summed E-state index contributed by atoms with van der Waals surface area (Å²) in [5.74, 6) is -1.09.